The van der Waals surface area contributed by atoms with Crippen molar-refractivity contribution in [2.24, 2.45) is 0 Å². The van der Waals surface area contributed by atoms with Gasteiger partial charge in [-0.25, -0.2) is 0 Å². The molecule has 6 nitrogen and oxygen atoms in total. The highest BCUT2D eigenvalue weighted by atomic mass is 16.5. The van der Waals surface area contributed by atoms with Crippen LogP contribution in [0.1, 0.15) is 21.6 Å². The molecule has 0 atom stereocenters. The molecule has 1 fully saturated rings. The molecular formula is C31H33N3O3. The molecule has 0 radical (unpaired) electrons. The molecule has 1 amide bonds. The number of aromatic nitrogens is 1. The highest BCUT2D eigenvalue weighted by Gasteiger charge is 2.26. The van der Waals surface area contributed by atoms with Crippen molar-refractivity contribution in [3.63, 3.8) is 0 Å². The highest BCUT2D eigenvalue weighted by Crippen LogP contribution is 2.32. The molecule has 1 aliphatic heterocycles. The van der Waals surface area contributed by atoms with Crippen molar-refractivity contribution in [2.75, 3.05) is 40.4 Å². The average Bonchev–Trinajstić information content (AvgIpc) is 3.30. The van der Waals surface area contributed by atoms with Crippen LogP contribution in [0, 0.1) is 6.92 Å². The molecular weight excluding hydrogens is 462 g/mol. The molecule has 190 valence electrons. The molecule has 1 aliphatic rings. The predicted octanol–water partition coefficient (Wildman–Crippen LogP) is 5.43. The van der Waals surface area contributed by atoms with Crippen molar-refractivity contribution >= 4 is 5.91 Å². The number of amides is 1. The number of carbonyl (C=O) groups excluding carboxylic acids is 1. The molecule has 4 aromatic rings. The van der Waals surface area contributed by atoms with Gasteiger partial charge in [0.15, 0.2) is 0 Å². The van der Waals surface area contributed by atoms with E-state index in [9.17, 15) is 4.79 Å². The van der Waals surface area contributed by atoms with Gasteiger partial charge in [0.25, 0.3) is 5.91 Å². The summed E-state index contributed by atoms with van der Waals surface area (Å²) in [5, 5.41) is 0. The van der Waals surface area contributed by atoms with Crippen LogP contribution in [0.2, 0.25) is 0 Å². The molecule has 0 N–H and O–H groups in total. The molecule has 0 saturated carbocycles. The number of hydrogen-bond donors (Lipinski definition) is 0. The van der Waals surface area contributed by atoms with Gasteiger partial charge in [0.05, 0.1) is 25.5 Å². The first-order valence-electron chi connectivity index (χ1n) is 12.6. The van der Waals surface area contributed by atoms with Gasteiger partial charge in [0.1, 0.15) is 11.5 Å². The Hall–Kier alpha value is -4.03. The lowest BCUT2D eigenvalue weighted by molar-refractivity contribution is 0.0628. The van der Waals surface area contributed by atoms with E-state index in [4.69, 9.17) is 9.47 Å². The van der Waals surface area contributed by atoms with E-state index in [-0.39, 0.29) is 5.91 Å². The van der Waals surface area contributed by atoms with Crippen LogP contribution >= 0.6 is 0 Å². The summed E-state index contributed by atoms with van der Waals surface area (Å²) in [6.45, 7) is 6.09. The Labute approximate surface area is 218 Å². The number of ether oxygens (including phenoxy) is 2. The van der Waals surface area contributed by atoms with Crippen molar-refractivity contribution in [3.8, 4) is 28.4 Å². The second kappa shape index (κ2) is 10.9. The standard InChI is InChI=1S/C31H33N3O3/c1-23-29(31(35)33-18-16-32(17-19-33)22-24-8-5-4-6-9-24)21-30(25-12-14-27(36-2)15-13-25)34(23)26-10-7-11-28(20-26)37-3/h4-15,20-21H,16-19,22H2,1-3H3. The summed E-state index contributed by atoms with van der Waals surface area (Å²) in [4.78, 5) is 18.2. The molecule has 5 rings (SSSR count). The smallest absolute Gasteiger partial charge is 0.255 e. The van der Waals surface area contributed by atoms with Crippen LogP contribution in [0.3, 0.4) is 0 Å². The zero-order valence-electron chi connectivity index (χ0n) is 21.7. The quantitative estimate of drug-likeness (QED) is 0.343. The topological polar surface area (TPSA) is 46.9 Å². The minimum Gasteiger partial charge on any atom is -0.497 e. The summed E-state index contributed by atoms with van der Waals surface area (Å²) in [6, 6.07) is 28.4. The van der Waals surface area contributed by atoms with Crippen molar-refractivity contribution < 1.29 is 14.3 Å². The fourth-order valence-corrected chi connectivity index (χ4v) is 5.00. The number of methoxy groups -OCH3 is 2. The number of piperazine rings is 1. The van der Waals surface area contributed by atoms with E-state index in [2.05, 4.69) is 33.7 Å². The summed E-state index contributed by atoms with van der Waals surface area (Å²) in [7, 11) is 3.33. The van der Waals surface area contributed by atoms with Crippen LogP contribution in [0.25, 0.3) is 16.9 Å². The second-order valence-electron chi connectivity index (χ2n) is 9.35. The molecule has 6 heteroatoms. The van der Waals surface area contributed by atoms with E-state index in [0.29, 0.717) is 13.1 Å². The molecule has 37 heavy (non-hydrogen) atoms. The van der Waals surface area contributed by atoms with E-state index in [1.165, 1.54) is 5.56 Å². The Morgan fingerprint density at radius 3 is 2.16 bits per heavy atom. The molecule has 0 aliphatic carbocycles. The highest BCUT2D eigenvalue weighted by molar-refractivity contribution is 5.97. The Balaban J connectivity index is 1.43. The van der Waals surface area contributed by atoms with Crippen molar-refractivity contribution in [1.82, 2.24) is 14.4 Å². The Morgan fingerprint density at radius 1 is 0.784 bits per heavy atom. The second-order valence-corrected chi connectivity index (χ2v) is 9.35. The zero-order valence-corrected chi connectivity index (χ0v) is 21.7. The van der Waals surface area contributed by atoms with Crippen LogP contribution in [0.5, 0.6) is 11.5 Å². The van der Waals surface area contributed by atoms with Gasteiger partial charge in [-0.15, -0.1) is 0 Å². The fraction of sp³-hybridized carbons (Fsp3) is 0.258. The summed E-state index contributed by atoms with van der Waals surface area (Å²) in [5.41, 5.74) is 5.87. The zero-order chi connectivity index (χ0) is 25.8. The van der Waals surface area contributed by atoms with Crippen LogP contribution in [-0.4, -0.2) is 60.7 Å². The maximum Gasteiger partial charge on any atom is 0.255 e. The number of benzene rings is 3. The molecule has 0 bridgehead atoms. The first-order chi connectivity index (χ1) is 18.1. The van der Waals surface area contributed by atoms with Gasteiger partial charge < -0.3 is 18.9 Å². The SMILES string of the molecule is COc1ccc(-c2cc(C(=O)N3CCN(Cc4ccccc4)CC3)c(C)n2-c2cccc(OC)c2)cc1. The lowest BCUT2D eigenvalue weighted by Crippen LogP contribution is -2.48. The third kappa shape index (κ3) is 5.25. The van der Waals surface area contributed by atoms with Gasteiger partial charge >= 0.3 is 0 Å². The Bertz CT molecular complexity index is 1350. The van der Waals surface area contributed by atoms with Crippen LogP contribution < -0.4 is 9.47 Å². The summed E-state index contributed by atoms with van der Waals surface area (Å²) >= 11 is 0. The molecule has 0 spiro atoms. The first kappa shape index (κ1) is 24.7. The average molecular weight is 496 g/mol. The van der Waals surface area contributed by atoms with Gasteiger partial charge in [-0.1, -0.05) is 36.4 Å². The lowest BCUT2D eigenvalue weighted by atomic mass is 10.1. The van der Waals surface area contributed by atoms with Gasteiger partial charge in [-0.05, 0) is 60.5 Å². The van der Waals surface area contributed by atoms with E-state index in [1.807, 2.05) is 72.5 Å². The summed E-state index contributed by atoms with van der Waals surface area (Å²) in [5.74, 6) is 1.64. The van der Waals surface area contributed by atoms with Crippen molar-refractivity contribution in [1.29, 1.82) is 0 Å². The van der Waals surface area contributed by atoms with E-state index in [0.717, 1.165) is 59.3 Å². The third-order valence-corrected chi connectivity index (χ3v) is 7.08. The predicted molar refractivity (Wildman–Crippen MR) is 147 cm³/mol. The summed E-state index contributed by atoms with van der Waals surface area (Å²) < 4.78 is 13.0. The minimum absolute atomic E-state index is 0.0771. The van der Waals surface area contributed by atoms with Crippen LogP contribution in [0.4, 0.5) is 0 Å². The van der Waals surface area contributed by atoms with E-state index in [1.54, 1.807) is 14.2 Å². The third-order valence-electron chi connectivity index (χ3n) is 7.08. The molecule has 3 aromatic carbocycles. The number of hydrogen-bond acceptors (Lipinski definition) is 4. The molecule has 1 saturated heterocycles. The molecule has 1 aromatic heterocycles. The van der Waals surface area contributed by atoms with Gasteiger partial charge in [-0.3, -0.25) is 9.69 Å². The largest absolute Gasteiger partial charge is 0.497 e. The first-order valence-corrected chi connectivity index (χ1v) is 12.6. The monoisotopic (exact) mass is 495 g/mol. The number of carbonyl (C=O) groups is 1. The Kier molecular flexibility index (Phi) is 7.28. The Morgan fingerprint density at radius 2 is 1.49 bits per heavy atom. The summed E-state index contributed by atoms with van der Waals surface area (Å²) in [6.07, 6.45) is 0. The van der Waals surface area contributed by atoms with Crippen LogP contribution in [0.15, 0.2) is 84.9 Å². The van der Waals surface area contributed by atoms with Crippen molar-refractivity contribution in [2.45, 2.75) is 13.5 Å². The van der Waals surface area contributed by atoms with E-state index >= 15 is 0 Å². The molecule has 2 heterocycles. The lowest BCUT2D eigenvalue weighted by Gasteiger charge is -2.34. The number of rotatable bonds is 7. The van der Waals surface area contributed by atoms with Crippen molar-refractivity contribution in [3.05, 3.63) is 102 Å². The van der Waals surface area contributed by atoms with Gasteiger partial charge in [0, 0.05) is 50.2 Å². The van der Waals surface area contributed by atoms with Gasteiger partial charge in [0.2, 0.25) is 0 Å². The van der Waals surface area contributed by atoms with E-state index < -0.39 is 0 Å². The number of nitrogens with zero attached hydrogens (tertiary/aromatic N) is 3. The van der Waals surface area contributed by atoms with Crippen LogP contribution in [-0.2, 0) is 6.54 Å². The maximum absolute atomic E-state index is 13.8. The molecule has 0 unspecified atom stereocenters. The normalized spacial score (nSPS) is 14.0. The minimum atomic E-state index is 0.0771. The maximum atomic E-state index is 13.8. The fourth-order valence-electron chi connectivity index (χ4n) is 5.00. The van der Waals surface area contributed by atoms with Gasteiger partial charge in [-0.2, -0.15) is 0 Å².